The van der Waals surface area contributed by atoms with Gasteiger partial charge in [-0.1, -0.05) is 0 Å². The summed E-state index contributed by atoms with van der Waals surface area (Å²) in [6.07, 6.45) is 3.97. The topological polar surface area (TPSA) is 108 Å². The van der Waals surface area contributed by atoms with Crippen molar-refractivity contribution in [1.29, 1.82) is 0 Å². The number of anilines is 1. The van der Waals surface area contributed by atoms with Crippen molar-refractivity contribution in [2.75, 3.05) is 38.2 Å². The van der Waals surface area contributed by atoms with Gasteiger partial charge in [-0.25, -0.2) is 9.97 Å². The Morgan fingerprint density at radius 2 is 1.90 bits per heavy atom. The number of piperidine rings is 1. The molecule has 9 nitrogen and oxygen atoms in total. The molecule has 2 fully saturated rings. The van der Waals surface area contributed by atoms with Crippen LogP contribution in [0.15, 0.2) is 12.4 Å². The molecule has 0 bridgehead atoms. The Morgan fingerprint density at radius 3 is 2.47 bits per heavy atom. The summed E-state index contributed by atoms with van der Waals surface area (Å²) in [5, 5.41) is 18.6. The fraction of sp³-hybridized carbons (Fsp3) is 0.750. The summed E-state index contributed by atoms with van der Waals surface area (Å²) in [5.41, 5.74) is -0.0552. The van der Waals surface area contributed by atoms with Crippen LogP contribution in [0.2, 0.25) is 0 Å². The maximum Gasteiger partial charge on any atom is 0.498 e. The lowest BCUT2D eigenvalue weighted by Crippen LogP contribution is -2.48. The first-order chi connectivity index (χ1) is 14.0. The number of carbonyl (C=O) groups is 1. The van der Waals surface area contributed by atoms with Crippen molar-refractivity contribution >= 4 is 24.4 Å². The molecule has 2 aliphatic heterocycles. The van der Waals surface area contributed by atoms with Gasteiger partial charge in [-0.2, -0.15) is 0 Å². The van der Waals surface area contributed by atoms with Gasteiger partial charge < -0.3 is 29.3 Å². The fourth-order valence-electron chi connectivity index (χ4n) is 3.80. The molecule has 1 aromatic heterocycles. The first-order valence-corrected chi connectivity index (χ1v) is 10.5. The summed E-state index contributed by atoms with van der Waals surface area (Å²) in [5.74, 6) is 0.423. The second-order valence-corrected chi connectivity index (χ2v) is 9.28. The molecule has 0 saturated carbocycles. The molecule has 1 amide bonds. The van der Waals surface area contributed by atoms with Gasteiger partial charge in [-0.05, 0) is 46.5 Å². The standard InChI is InChI=1S/C20H33BN4O5/c1-19(2)20(3,4)30-21(29-19)15-9-22-18(23-10-15)24(5)11-14-7-6-8-25(12-14)17(28)16(27)13-26/h9-10,14,16,26-27H,6-8,11-13H2,1-5H3/t14-,16+/m0/s1. The van der Waals surface area contributed by atoms with Crippen LogP contribution in [0.4, 0.5) is 5.95 Å². The third-order valence-corrected chi connectivity index (χ3v) is 6.35. The summed E-state index contributed by atoms with van der Waals surface area (Å²) >= 11 is 0. The van der Waals surface area contributed by atoms with E-state index in [0.717, 1.165) is 18.3 Å². The zero-order chi connectivity index (χ0) is 22.1. The van der Waals surface area contributed by atoms with Crippen LogP contribution in [0.25, 0.3) is 0 Å². The summed E-state index contributed by atoms with van der Waals surface area (Å²) in [4.78, 5) is 24.7. The van der Waals surface area contributed by atoms with E-state index < -0.39 is 36.9 Å². The van der Waals surface area contributed by atoms with Crippen molar-refractivity contribution in [3.63, 3.8) is 0 Å². The molecule has 3 rings (SSSR count). The van der Waals surface area contributed by atoms with Gasteiger partial charge in [0.25, 0.3) is 5.91 Å². The predicted octanol–water partition coefficient (Wildman–Crippen LogP) is -0.196. The number of hydrogen-bond acceptors (Lipinski definition) is 8. The van der Waals surface area contributed by atoms with E-state index in [1.54, 1.807) is 17.3 Å². The molecular formula is C20H33BN4O5. The van der Waals surface area contributed by atoms with E-state index in [-0.39, 0.29) is 5.92 Å². The van der Waals surface area contributed by atoms with Crippen molar-refractivity contribution < 1.29 is 24.3 Å². The highest BCUT2D eigenvalue weighted by Gasteiger charge is 2.52. The highest BCUT2D eigenvalue weighted by Crippen LogP contribution is 2.36. The Hall–Kier alpha value is -1.75. The van der Waals surface area contributed by atoms with E-state index >= 15 is 0 Å². The number of likely N-dealkylation sites (tertiary alicyclic amines) is 1. The summed E-state index contributed by atoms with van der Waals surface area (Å²) in [6.45, 7) is 9.32. The number of amides is 1. The molecule has 1 aromatic rings. The van der Waals surface area contributed by atoms with Gasteiger partial charge in [-0.3, -0.25) is 4.79 Å². The van der Waals surface area contributed by atoms with Gasteiger partial charge in [0.05, 0.1) is 17.8 Å². The van der Waals surface area contributed by atoms with Gasteiger partial charge in [0.1, 0.15) is 0 Å². The predicted molar refractivity (Wildman–Crippen MR) is 113 cm³/mol. The molecule has 0 aliphatic carbocycles. The van der Waals surface area contributed by atoms with Crippen LogP contribution in [-0.4, -0.2) is 88.7 Å². The molecule has 2 saturated heterocycles. The van der Waals surface area contributed by atoms with Crippen LogP contribution >= 0.6 is 0 Å². The maximum atomic E-state index is 12.1. The van der Waals surface area contributed by atoms with Crippen LogP contribution in [-0.2, 0) is 14.1 Å². The van der Waals surface area contributed by atoms with E-state index in [1.165, 1.54) is 0 Å². The summed E-state index contributed by atoms with van der Waals surface area (Å²) in [7, 11) is 1.43. The Balaban J connectivity index is 1.59. The molecule has 2 N–H and O–H groups in total. The molecule has 10 heteroatoms. The van der Waals surface area contributed by atoms with E-state index in [1.807, 2.05) is 39.6 Å². The average Bonchev–Trinajstić information content (AvgIpc) is 2.94. The number of aliphatic hydroxyl groups excluding tert-OH is 2. The smallest absolute Gasteiger partial charge is 0.399 e. The lowest BCUT2D eigenvalue weighted by molar-refractivity contribution is -0.143. The molecule has 3 heterocycles. The lowest BCUT2D eigenvalue weighted by atomic mass is 9.81. The van der Waals surface area contributed by atoms with Gasteiger partial charge in [0.15, 0.2) is 6.10 Å². The zero-order valence-corrected chi connectivity index (χ0v) is 18.5. The van der Waals surface area contributed by atoms with Crippen LogP contribution in [0.1, 0.15) is 40.5 Å². The second kappa shape index (κ2) is 8.78. The number of rotatable bonds is 6. The van der Waals surface area contributed by atoms with Crippen molar-refractivity contribution in [3.8, 4) is 0 Å². The van der Waals surface area contributed by atoms with E-state index in [2.05, 4.69) is 9.97 Å². The first-order valence-electron chi connectivity index (χ1n) is 10.5. The summed E-state index contributed by atoms with van der Waals surface area (Å²) < 4.78 is 12.1. The third kappa shape index (κ3) is 4.77. The fourth-order valence-corrected chi connectivity index (χ4v) is 3.80. The molecule has 0 unspecified atom stereocenters. The van der Waals surface area contributed by atoms with Crippen molar-refractivity contribution in [3.05, 3.63) is 12.4 Å². The largest absolute Gasteiger partial charge is 0.498 e. The van der Waals surface area contributed by atoms with Crippen LogP contribution < -0.4 is 10.4 Å². The van der Waals surface area contributed by atoms with Crippen molar-refractivity contribution in [2.24, 2.45) is 5.92 Å². The first kappa shape index (κ1) is 22.9. The molecule has 30 heavy (non-hydrogen) atoms. The van der Waals surface area contributed by atoms with Gasteiger partial charge in [0.2, 0.25) is 5.95 Å². The zero-order valence-electron chi connectivity index (χ0n) is 18.5. The highest BCUT2D eigenvalue weighted by atomic mass is 16.7. The minimum Gasteiger partial charge on any atom is -0.399 e. The van der Waals surface area contributed by atoms with Crippen molar-refractivity contribution in [2.45, 2.75) is 57.8 Å². The minimum atomic E-state index is -1.34. The molecule has 0 spiro atoms. The van der Waals surface area contributed by atoms with Gasteiger partial charge >= 0.3 is 7.12 Å². The Bertz CT molecular complexity index is 729. The summed E-state index contributed by atoms with van der Waals surface area (Å²) in [6, 6.07) is 0. The third-order valence-electron chi connectivity index (χ3n) is 6.35. The van der Waals surface area contributed by atoms with E-state index in [4.69, 9.17) is 14.4 Å². The normalized spacial score (nSPS) is 24.0. The SMILES string of the molecule is CN(C[C@@H]1CCCN(C(=O)[C@H](O)CO)C1)c1ncc(B2OC(C)(C)C(C)(C)O2)cn1. The molecular weight excluding hydrogens is 387 g/mol. The van der Waals surface area contributed by atoms with Crippen molar-refractivity contribution in [1.82, 2.24) is 14.9 Å². The number of hydrogen-bond donors (Lipinski definition) is 2. The molecule has 2 atom stereocenters. The number of aromatic nitrogens is 2. The maximum absolute atomic E-state index is 12.1. The molecule has 0 aromatic carbocycles. The van der Waals surface area contributed by atoms with Crippen LogP contribution in [0, 0.1) is 5.92 Å². The molecule has 0 radical (unpaired) electrons. The number of aliphatic hydroxyl groups is 2. The quantitative estimate of drug-likeness (QED) is 0.610. The number of nitrogens with zero attached hydrogens (tertiary/aromatic N) is 4. The Morgan fingerprint density at radius 1 is 1.30 bits per heavy atom. The highest BCUT2D eigenvalue weighted by molar-refractivity contribution is 6.61. The van der Waals surface area contributed by atoms with Gasteiger partial charge in [-0.15, -0.1) is 0 Å². The molecule has 166 valence electrons. The Labute approximate surface area is 178 Å². The van der Waals surface area contributed by atoms with Gasteiger partial charge in [0, 0.05) is 44.5 Å². The average molecular weight is 420 g/mol. The second-order valence-electron chi connectivity index (χ2n) is 9.28. The minimum absolute atomic E-state index is 0.241. The molecule has 2 aliphatic rings. The monoisotopic (exact) mass is 420 g/mol. The Kier molecular flexibility index (Phi) is 6.71. The van der Waals surface area contributed by atoms with E-state index in [9.17, 15) is 9.90 Å². The number of carbonyl (C=O) groups excluding carboxylic acids is 1. The van der Waals surface area contributed by atoms with E-state index in [0.29, 0.717) is 25.6 Å². The van der Waals surface area contributed by atoms with Crippen LogP contribution in [0.5, 0.6) is 0 Å². The van der Waals surface area contributed by atoms with Crippen LogP contribution in [0.3, 0.4) is 0 Å². The lowest BCUT2D eigenvalue weighted by Gasteiger charge is -2.35.